The highest BCUT2D eigenvalue weighted by atomic mass is 16.5. The van der Waals surface area contributed by atoms with Gasteiger partial charge >= 0.3 is 0 Å². The minimum absolute atomic E-state index is 0.0824. The Morgan fingerprint density at radius 3 is 2.56 bits per heavy atom. The smallest absolute Gasteiger partial charge is 0.122 e. The van der Waals surface area contributed by atoms with Crippen LogP contribution in [-0.4, -0.2) is 18.3 Å². The minimum atomic E-state index is -0.269. The van der Waals surface area contributed by atoms with Gasteiger partial charge in [0.2, 0.25) is 0 Å². The van der Waals surface area contributed by atoms with E-state index in [1.165, 1.54) is 19.3 Å². The summed E-state index contributed by atoms with van der Waals surface area (Å²) in [5, 5.41) is 10.6. The lowest BCUT2D eigenvalue weighted by molar-refractivity contribution is 0.0101. The second-order valence-electron chi connectivity index (χ2n) is 5.75. The topological polar surface area (TPSA) is 29.5 Å². The zero-order valence-electron chi connectivity index (χ0n) is 11.5. The minimum Gasteiger partial charge on any atom is -0.496 e. The molecule has 1 aliphatic rings. The van der Waals surface area contributed by atoms with Gasteiger partial charge in [-0.2, -0.15) is 0 Å². The van der Waals surface area contributed by atoms with Crippen LogP contribution in [0.25, 0.3) is 0 Å². The first-order valence-electron chi connectivity index (χ1n) is 6.96. The van der Waals surface area contributed by atoms with Gasteiger partial charge in [0.05, 0.1) is 13.2 Å². The van der Waals surface area contributed by atoms with Crippen molar-refractivity contribution in [2.24, 2.45) is 5.41 Å². The number of methoxy groups -OCH3 is 1. The molecule has 0 amide bonds. The van der Waals surface area contributed by atoms with Crippen LogP contribution in [0.5, 0.6) is 5.75 Å². The van der Waals surface area contributed by atoms with Crippen molar-refractivity contribution in [2.75, 3.05) is 7.11 Å². The molecule has 2 heteroatoms. The molecule has 18 heavy (non-hydrogen) atoms. The number of ether oxygens (including phenoxy) is 1. The summed E-state index contributed by atoms with van der Waals surface area (Å²) in [6.45, 7) is 2.23. The van der Waals surface area contributed by atoms with Crippen LogP contribution < -0.4 is 4.74 Å². The molecular formula is C16H24O2. The van der Waals surface area contributed by atoms with Crippen molar-refractivity contribution in [3.8, 4) is 5.75 Å². The number of hydrogen-bond donors (Lipinski definition) is 1. The lowest BCUT2D eigenvalue weighted by Crippen LogP contribution is -2.35. The Bertz CT molecular complexity index is 380. The maximum absolute atomic E-state index is 10.6. The van der Waals surface area contributed by atoms with Crippen molar-refractivity contribution in [1.82, 2.24) is 0 Å². The van der Waals surface area contributed by atoms with E-state index >= 15 is 0 Å². The fourth-order valence-electron chi connectivity index (χ4n) is 3.02. The standard InChI is InChI=1S/C16H24O2/c1-16(10-6-3-7-11-16)15(17)12-13-8-4-5-9-14(13)18-2/h4-5,8-9,15,17H,3,6-7,10-12H2,1-2H3. The Morgan fingerprint density at radius 2 is 1.89 bits per heavy atom. The number of aliphatic hydroxyl groups is 1. The maximum Gasteiger partial charge on any atom is 0.122 e. The number of hydrogen-bond acceptors (Lipinski definition) is 2. The van der Waals surface area contributed by atoms with Crippen LogP contribution in [0.3, 0.4) is 0 Å². The maximum atomic E-state index is 10.6. The van der Waals surface area contributed by atoms with Crippen molar-refractivity contribution in [1.29, 1.82) is 0 Å². The SMILES string of the molecule is COc1ccccc1CC(O)C1(C)CCCCC1. The summed E-state index contributed by atoms with van der Waals surface area (Å²) in [4.78, 5) is 0. The van der Waals surface area contributed by atoms with E-state index in [0.717, 1.165) is 24.2 Å². The third kappa shape index (κ3) is 2.86. The fourth-order valence-corrected chi connectivity index (χ4v) is 3.02. The Morgan fingerprint density at radius 1 is 1.22 bits per heavy atom. The molecule has 100 valence electrons. The van der Waals surface area contributed by atoms with E-state index in [4.69, 9.17) is 4.74 Å². The van der Waals surface area contributed by atoms with Gasteiger partial charge < -0.3 is 9.84 Å². The predicted molar refractivity (Wildman–Crippen MR) is 73.9 cm³/mol. The molecule has 0 aliphatic heterocycles. The molecule has 1 atom stereocenters. The van der Waals surface area contributed by atoms with Crippen LogP contribution in [-0.2, 0) is 6.42 Å². The summed E-state index contributed by atoms with van der Waals surface area (Å²) < 4.78 is 5.36. The van der Waals surface area contributed by atoms with Gasteiger partial charge in [-0.25, -0.2) is 0 Å². The van der Waals surface area contributed by atoms with Gasteiger partial charge in [0.15, 0.2) is 0 Å². The van der Waals surface area contributed by atoms with Crippen molar-refractivity contribution in [3.05, 3.63) is 29.8 Å². The van der Waals surface area contributed by atoms with E-state index in [9.17, 15) is 5.11 Å². The summed E-state index contributed by atoms with van der Waals surface area (Å²) in [6, 6.07) is 7.99. The summed E-state index contributed by atoms with van der Waals surface area (Å²) in [7, 11) is 1.69. The lowest BCUT2D eigenvalue weighted by Gasteiger charge is -2.38. The average Bonchev–Trinajstić information content (AvgIpc) is 2.40. The molecule has 1 aromatic carbocycles. The van der Waals surface area contributed by atoms with Crippen molar-refractivity contribution in [3.63, 3.8) is 0 Å². The molecule has 1 aliphatic carbocycles. The summed E-state index contributed by atoms with van der Waals surface area (Å²) in [5.74, 6) is 0.885. The molecule has 2 rings (SSSR count). The number of para-hydroxylation sites is 1. The highest BCUT2D eigenvalue weighted by Crippen LogP contribution is 2.40. The molecule has 1 N–H and O–H groups in total. The average molecular weight is 248 g/mol. The highest BCUT2D eigenvalue weighted by molar-refractivity contribution is 5.33. The molecule has 1 fully saturated rings. The molecule has 0 bridgehead atoms. The summed E-state index contributed by atoms with van der Waals surface area (Å²) in [6.07, 6.45) is 6.53. The van der Waals surface area contributed by atoms with E-state index in [2.05, 4.69) is 6.92 Å². The molecule has 0 aromatic heterocycles. The quantitative estimate of drug-likeness (QED) is 0.882. The molecule has 1 unspecified atom stereocenters. The van der Waals surface area contributed by atoms with Crippen LogP contribution in [0.1, 0.15) is 44.6 Å². The third-order valence-corrected chi connectivity index (χ3v) is 4.41. The highest BCUT2D eigenvalue weighted by Gasteiger charge is 2.34. The molecule has 0 saturated heterocycles. The first kappa shape index (κ1) is 13.4. The van der Waals surface area contributed by atoms with Crippen LogP contribution in [0, 0.1) is 5.41 Å². The number of benzene rings is 1. The summed E-state index contributed by atoms with van der Waals surface area (Å²) in [5.41, 5.74) is 1.19. The molecule has 2 nitrogen and oxygen atoms in total. The lowest BCUT2D eigenvalue weighted by atomic mass is 9.70. The van der Waals surface area contributed by atoms with Crippen LogP contribution in [0.4, 0.5) is 0 Å². The molecule has 0 spiro atoms. The van der Waals surface area contributed by atoms with Gasteiger partial charge in [-0.05, 0) is 29.9 Å². The Labute approximate surface area is 110 Å². The first-order chi connectivity index (χ1) is 8.65. The first-order valence-corrected chi connectivity index (χ1v) is 6.96. The number of aliphatic hydroxyl groups excluding tert-OH is 1. The van der Waals surface area contributed by atoms with Crippen molar-refractivity contribution >= 4 is 0 Å². The molecule has 0 radical (unpaired) electrons. The monoisotopic (exact) mass is 248 g/mol. The normalized spacial score (nSPS) is 20.4. The van der Waals surface area contributed by atoms with Gasteiger partial charge in [0.1, 0.15) is 5.75 Å². The molecule has 1 aromatic rings. The Kier molecular flexibility index (Phi) is 4.28. The van der Waals surface area contributed by atoms with E-state index < -0.39 is 0 Å². The molecular weight excluding hydrogens is 224 g/mol. The zero-order chi connectivity index (χ0) is 13.0. The van der Waals surface area contributed by atoms with E-state index in [-0.39, 0.29) is 11.5 Å². The van der Waals surface area contributed by atoms with Crippen LogP contribution in [0.15, 0.2) is 24.3 Å². The predicted octanol–water partition coefficient (Wildman–Crippen LogP) is 3.57. The second-order valence-corrected chi connectivity index (χ2v) is 5.75. The van der Waals surface area contributed by atoms with Gasteiger partial charge in [-0.3, -0.25) is 0 Å². The van der Waals surface area contributed by atoms with Gasteiger partial charge in [-0.1, -0.05) is 44.4 Å². The fraction of sp³-hybridized carbons (Fsp3) is 0.625. The van der Waals surface area contributed by atoms with Gasteiger partial charge in [-0.15, -0.1) is 0 Å². The zero-order valence-corrected chi connectivity index (χ0v) is 11.5. The van der Waals surface area contributed by atoms with E-state index in [1.807, 2.05) is 24.3 Å². The third-order valence-electron chi connectivity index (χ3n) is 4.41. The van der Waals surface area contributed by atoms with Crippen molar-refractivity contribution in [2.45, 2.75) is 51.6 Å². The molecule has 1 saturated carbocycles. The number of rotatable bonds is 4. The Balaban J connectivity index is 2.08. The van der Waals surface area contributed by atoms with E-state index in [0.29, 0.717) is 6.42 Å². The second kappa shape index (κ2) is 5.75. The summed E-state index contributed by atoms with van der Waals surface area (Å²) >= 11 is 0. The Hall–Kier alpha value is -1.02. The van der Waals surface area contributed by atoms with Crippen molar-refractivity contribution < 1.29 is 9.84 Å². The van der Waals surface area contributed by atoms with E-state index in [1.54, 1.807) is 7.11 Å². The van der Waals surface area contributed by atoms with Crippen LogP contribution >= 0.6 is 0 Å². The van der Waals surface area contributed by atoms with Gasteiger partial charge in [0.25, 0.3) is 0 Å². The van der Waals surface area contributed by atoms with Gasteiger partial charge in [0, 0.05) is 6.42 Å². The van der Waals surface area contributed by atoms with Crippen LogP contribution in [0.2, 0.25) is 0 Å². The molecule has 0 heterocycles. The largest absolute Gasteiger partial charge is 0.496 e.